The van der Waals surface area contributed by atoms with E-state index in [2.05, 4.69) is 25.3 Å². The maximum atomic E-state index is 12.7. The summed E-state index contributed by atoms with van der Waals surface area (Å²) >= 11 is 0. The number of unbranched alkanes of at least 4 members (excludes halogenated alkanes) is 10. The van der Waals surface area contributed by atoms with Crippen LogP contribution >= 0.6 is 7.82 Å². The van der Waals surface area contributed by atoms with Gasteiger partial charge in [0.25, 0.3) is 0 Å². The van der Waals surface area contributed by atoms with Crippen molar-refractivity contribution >= 4 is 19.8 Å². The van der Waals surface area contributed by atoms with Crippen LogP contribution in [0.25, 0.3) is 0 Å². The van der Waals surface area contributed by atoms with Crippen LogP contribution in [0, 0.1) is 17.8 Å². The number of rotatable bonds is 32. The lowest BCUT2D eigenvalue weighted by molar-refractivity contribution is -0.161. The molecule has 8 atom stereocenters. The second-order valence-electron chi connectivity index (χ2n) is 14.8. The Hall–Kier alpha value is -1.41. The molecule has 0 amide bonds. The average Bonchev–Trinajstić information content (AvgIpc) is 3.37. The van der Waals surface area contributed by atoms with Gasteiger partial charge in [-0.25, -0.2) is 4.57 Å². The number of phosphoric ester groups is 1. The van der Waals surface area contributed by atoms with E-state index in [0.717, 1.165) is 51.4 Å². The minimum Gasteiger partial charge on any atom is -0.462 e. The Labute approximate surface area is 312 Å². The lowest BCUT2D eigenvalue weighted by atomic mass is 9.88. The van der Waals surface area contributed by atoms with Gasteiger partial charge in [-0.1, -0.05) is 110 Å². The standard InChI is InChI=1S/C38H71O13P/c1-4-5-12-18-30(40)22-23-34-33(35(42)24-36(34)43)19-14-10-11-16-21-38(45)51-32(28-50-52(46,47)49-26-31(41)25-39)27-48-37(44)20-15-9-7-6-8-13-17-29(2)3/h22-23,29-36,39-43H,4-21,24-28H2,1-3H3,(H,46,47)/b23-22+/t30-,31-,32+,33+,34+,35-,36+/m0/s1. The van der Waals surface area contributed by atoms with E-state index in [9.17, 15) is 39.5 Å². The number of hydrogen-bond acceptors (Lipinski definition) is 12. The van der Waals surface area contributed by atoms with Crippen molar-refractivity contribution in [1.82, 2.24) is 0 Å². The Morgan fingerprint density at radius 1 is 0.788 bits per heavy atom. The average molecular weight is 767 g/mol. The van der Waals surface area contributed by atoms with Crippen molar-refractivity contribution in [1.29, 1.82) is 0 Å². The molecule has 0 radical (unpaired) electrons. The number of carbonyl (C=O) groups excluding carboxylic acids is 2. The molecule has 1 unspecified atom stereocenters. The van der Waals surface area contributed by atoms with Gasteiger partial charge in [-0.2, -0.15) is 0 Å². The molecule has 52 heavy (non-hydrogen) atoms. The van der Waals surface area contributed by atoms with Crippen molar-refractivity contribution in [3.05, 3.63) is 12.2 Å². The lowest BCUT2D eigenvalue weighted by Crippen LogP contribution is -2.29. The van der Waals surface area contributed by atoms with Gasteiger partial charge >= 0.3 is 19.8 Å². The van der Waals surface area contributed by atoms with Gasteiger partial charge in [-0.3, -0.25) is 18.6 Å². The van der Waals surface area contributed by atoms with Gasteiger partial charge in [0.15, 0.2) is 6.10 Å². The molecule has 0 heterocycles. The van der Waals surface area contributed by atoms with Crippen LogP contribution in [0.15, 0.2) is 12.2 Å². The highest BCUT2D eigenvalue weighted by Crippen LogP contribution is 2.43. The number of esters is 2. The molecule has 1 rings (SSSR count). The Bertz CT molecular complexity index is 1010. The number of ether oxygens (including phenoxy) is 2. The van der Waals surface area contributed by atoms with Crippen LogP contribution in [0.2, 0.25) is 0 Å². The predicted octanol–water partition coefficient (Wildman–Crippen LogP) is 5.90. The van der Waals surface area contributed by atoms with E-state index >= 15 is 0 Å². The number of aliphatic hydroxyl groups is 5. The van der Waals surface area contributed by atoms with Crippen molar-refractivity contribution in [2.75, 3.05) is 26.4 Å². The molecule has 0 bridgehead atoms. The summed E-state index contributed by atoms with van der Waals surface area (Å²) in [6.45, 7) is 4.23. The van der Waals surface area contributed by atoms with E-state index < -0.39 is 70.1 Å². The summed E-state index contributed by atoms with van der Waals surface area (Å²) in [6.07, 6.45) is 14.3. The Morgan fingerprint density at radius 3 is 2.04 bits per heavy atom. The van der Waals surface area contributed by atoms with Crippen molar-refractivity contribution in [2.24, 2.45) is 17.8 Å². The molecule has 0 aromatic heterocycles. The molecule has 13 nitrogen and oxygen atoms in total. The molecule has 6 N–H and O–H groups in total. The summed E-state index contributed by atoms with van der Waals surface area (Å²) in [5, 5.41) is 49.6. The van der Waals surface area contributed by atoms with Gasteiger partial charge < -0.3 is 39.9 Å². The number of phosphoric acid groups is 1. The zero-order valence-electron chi connectivity index (χ0n) is 32.0. The van der Waals surface area contributed by atoms with E-state index in [-0.39, 0.29) is 31.3 Å². The molecule has 1 saturated carbocycles. The van der Waals surface area contributed by atoms with Gasteiger partial charge in [-0.05, 0) is 37.5 Å². The van der Waals surface area contributed by atoms with E-state index in [1.54, 1.807) is 6.08 Å². The third kappa shape index (κ3) is 24.1. The molecule has 1 fully saturated rings. The number of carbonyl (C=O) groups is 2. The maximum absolute atomic E-state index is 12.7. The summed E-state index contributed by atoms with van der Waals surface area (Å²) in [6, 6.07) is 0. The molecule has 0 saturated heterocycles. The number of hydrogen-bond donors (Lipinski definition) is 6. The minimum atomic E-state index is -4.67. The molecule has 0 spiro atoms. The third-order valence-corrected chi connectivity index (χ3v) is 10.4. The lowest BCUT2D eigenvalue weighted by Gasteiger charge is -2.21. The zero-order valence-corrected chi connectivity index (χ0v) is 32.9. The Balaban J connectivity index is 2.51. The molecule has 0 aromatic rings. The smallest absolute Gasteiger partial charge is 0.462 e. The molecule has 0 aromatic carbocycles. The van der Waals surface area contributed by atoms with Crippen LogP contribution in [0.4, 0.5) is 0 Å². The van der Waals surface area contributed by atoms with E-state index in [1.807, 2.05) is 6.08 Å². The SMILES string of the molecule is CCCCC[C@H](O)/C=C/[C@@H]1[C@@H](CCCCCCC(=O)O[C@H](COC(=O)CCCCCCCCC(C)C)COP(=O)(O)OC[C@@H](O)CO)[C@@H](O)C[C@H]1O. The van der Waals surface area contributed by atoms with Crippen LogP contribution in [-0.4, -0.2) is 99.3 Å². The van der Waals surface area contributed by atoms with E-state index in [1.165, 1.54) is 19.3 Å². The van der Waals surface area contributed by atoms with E-state index in [4.69, 9.17) is 19.1 Å². The summed E-state index contributed by atoms with van der Waals surface area (Å²) < 4.78 is 32.6. The maximum Gasteiger partial charge on any atom is 0.472 e. The first-order valence-corrected chi connectivity index (χ1v) is 21.3. The quantitative estimate of drug-likeness (QED) is 0.0204. The van der Waals surface area contributed by atoms with Gasteiger partial charge in [0.05, 0.1) is 38.1 Å². The molecular weight excluding hydrogens is 695 g/mol. The molecular formula is C38H71O13P. The van der Waals surface area contributed by atoms with Gasteiger partial charge in [0.1, 0.15) is 12.7 Å². The fourth-order valence-corrected chi connectivity index (χ4v) is 7.12. The topological polar surface area (TPSA) is 210 Å². The monoisotopic (exact) mass is 766 g/mol. The van der Waals surface area contributed by atoms with Crippen LogP contribution < -0.4 is 0 Å². The first kappa shape index (κ1) is 48.6. The van der Waals surface area contributed by atoms with Crippen molar-refractivity contribution < 1.29 is 63.1 Å². The Morgan fingerprint density at radius 2 is 1.38 bits per heavy atom. The molecule has 14 heteroatoms. The Kier molecular flexibility index (Phi) is 27.1. The van der Waals surface area contributed by atoms with Gasteiger partial charge in [0, 0.05) is 25.2 Å². The second kappa shape index (κ2) is 29.0. The van der Waals surface area contributed by atoms with Crippen LogP contribution in [0.1, 0.15) is 143 Å². The molecule has 1 aliphatic carbocycles. The molecule has 0 aliphatic heterocycles. The summed E-state index contributed by atoms with van der Waals surface area (Å²) in [7, 11) is -4.67. The summed E-state index contributed by atoms with van der Waals surface area (Å²) in [4.78, 5) is 35.0. The first-order chi connectivity index (χ1) is 24.8. The van der Waals surface area contributed by atoms with Crippen LogP contribution in [0.3, 0.4) is 0 Å². The minimum absolute atomic E-state index is 0.0592. The first-order valence-electron chi connectivity index (χ1n) is 19.8. The highest BCUT2D eigenvalue weighted by molar-refractivity contribution is 7.47. The second-order valence-corrected chi connectivity index (χ2v) is 16.2. The summed E-state index contributed by atoms with van der Waals surface area (Å²) in [5.74, 6) is -0.698. The predicted molar refractivity (Wildman–Crippen MR) is 198 cm³/mol. The van der Waals surface area contributed by atoms with Crippen molar-refractivity contribution in [3.63, 3.8) is 0 Å². The van der Waals surface area contributed by atoms with E-state index in [0.29, 0.717) is 44.4 Å². The van der Waals surface area contributed by atoms with Gasteiger partial charge in [-0.15, -0.1) is 0 Å². The fraction of sp³-hybridized carbons (Fsp3) is 0.895. The highest BCUT2D eigenvalue weighted by Gasteiger charge is 2.39. The molecule has 1 aliphatic rings. The zero-order chi connectivity index (χ0) is 38.8. The van der Waals surface area contributed by atoms with Crippen LogP contribution in [-0.2, 0) is 32.7 Å². The highest BCUT2D eigenvalue weighted by atomic mass is 31.2. The third-order valence-electron chi connectivity index (χ3n) is 9.45. The normalized spacial score (nSPS) is 22.0. The molecule has 306 valence electrons. The van der Waals surface area contributed by atoms with Crippen molar-refractivity contribution in [2.45, 2.75) is 173 Å². The van der Waals surface area contributed by atoms with Crippen LogP contribution in [0.5, 0.6) is 0 Å². The largest absolute Gasteiger partial charge is 0.472 e. The fourth-order valence-electron chi connectivity index (χ4n) is 6.33. The number of aliphatic hydroxyl groups excluding tert-OH is 5. The van der Waals surface area contributed by atoms with Crippen molar-refractivity contribution in [3.8, 4) is 0 Å². The summed E-state index contributed by atoms with van der Waals surface area (Å²) in [5.41, 5.74) is 0. The van der Waals surface area contributed by atoms with Gasteiger partial charge in [0.2, 0.25) is 0 Å².